The molecule has 0 spiro atoms. The number of amides is 1. The van der Waals surface area contributed by atoms with Gasteiger partial charge in [-0.2, -0.15) is 0 Å². The average molecular weight is 444 g/mol. The van der Waals surface area contributed by atoms with Crippen molar-refractivity contribution in [2.45, 2.75) is 12.6 Å². The fourth-order valence-electron chi connectivity index (χ4n) is 3.90. The molecule has 168 valence electrons. The highest BCUT2D eigenvalue weighted by molar-refractivity contribution is 5.98. The van der Waals surface area contributed by atoms with Gasteiger partial charge in [0.15, 0.2) is 0 Å². The number of allylic oxidation sites excluding steroid dienone is 3. The first-order valence-electron chi connectivity index (χ1n) is 10.8. The third-order valence-electron chi connectivity index (χ3n) is 5.61. The van der Waals surface area contributed by atoms with Crippen LogP contribution in [0.4, 0.5) is 5.82 Å². The molecule has 0 aromatic carbocycles. The lowest BCUT2D eigenvalue weighted by Crippen LogP contribution is -2.35. The molecule has 9 heteroatoms. The van der Waals surface area contributed by atoms with Crippen molar-refractivity contribution in [1.29, 1.82) is 0 Å². The van der Waals surface area contributed by atoms with E-state index in [2.05, 4.69) is 55.0 Å². The number of carbonyl (C=O) groups excluding carboxylic acids is 1. The predicted octanol–water partition coefficient (Wildman–Crippen LogP) is 1.60. The Kier molecular flexibility index (Phi) is 5.86. The highest BCUT2D eigenvalue weighted by atomic mass is 16.5. The standard InChI is InChI=1S/C24H24N6O3/c1-2-22(31)29-21-13-18(7-8-25-21)33-24-19-14-20(28-23(19)26-15-27-24)16-3-5-17(6-4-16)30-9-11-32-12-10-30/h2-3,5-8,13-15,24H,1,4,9-12H2,(H,25,29,31)(H,26,27,28). The minimum Gasteiger partial charge on any atom is -0.464 e. The molecule has 5 rings (SSSR count). The number of carbonyl (C=O) groups is 1. The number of aromatic nitrogens is 2. The van der Waals surface area contributed by atoms with Crippen LogP contribution in [0, 0.1) is 0 Å². The van der Waals surface area contributed by atoms with Gasteiger partial charge in [-0.1, -0.05) is 18.7 Å². The van der Waals surface area contributed by atoms with Crippen LogP contribution in [-0.2, 0) is 9.53 Å². The van der Waals surface area contributed by atoms with Crippen LogP contribution in [-0.4, -0.2) is 53.4 Å². The molecule has 1 fully saturated rings. The number of nitrogens with one attached hydrogen (secondary N) is 2. The summed E-state index contributed by atoms with van der Waals surface area (Å²) in [5.41, 5.74) is 3.99. The van der Waals surface area contributed by atoms with E-state index in [-0.39, 0.29) is 5.91 Å². The van der Waals surface area contributed by atoms with E-state index in [1.54, 1.807) is 18.3 Å². The van der Waals surface area contributed by atoms with Crippen molar-refractivity contribution in [2.24, 2.45) is 9.98 Å². The maximum absolute atomic E-state index is 11.5. The third kappa shape index (κ3) is 4.63. The summed E-state index contributed by atoms with van der Waals surface area (Å²) in [6.45, 7) is 6.83. The molecule has 1 unspecified atom stereocenters. The van der Waals surface area contributed by atoms with Gasteiger partial charge in [0, 0.05) is 36.4 Å². The minimum atomic E-state index is -0.555. The smallest absolute Gasteiger partial charge is 0.248 e. The molecule has 1 amide bonds. The zero-order valence-electron chi connectivity index (χ0n) is 18.0. The number of morpholine rings is 1. The van der Waals surface area contributed by atoms with Crippen LogP contribution < -0.4 is 20.9 Å². The number of fused-ring (bicyclic) bond motifs is 1. The maximum Gasteiger partial charge on any atom is 0.248 e. The largest absolute Gasteiger partial charge is 0.464 e. The molecule has 0 saturated carbocycles. The first kappa shape index (κ1) is 20.9. The fraction of sp³-hybridized carbons (Fsp3) is 0.250. The monoisotopic (exact) mass is 444 g/mol. The molecule has 1 saturated heterocycles. The van der Waals surface area contributed by atoms with Crippen molar-refractivity contribution >= 4 is 23.6 Å². The highest BCUT2D eigenvalue weighted by Crippen LogP contribution is 2.24. The Morgan fingerprint density at radius 2 is 2.18 bits per heavy atom. The van der Waals surface area contributed by atoms with Crippen LogP contribution in [0.15, 0.2) is 71.0 Å². The Hall–Kier alpha value is -3.98. The van der Waals surface area contributed by atoms with E-state index in [1.165, 1.54) is 23.7 Å². The molecule has 0 bridgehead atoms. The fourth-order valence-corrected chi connectivity index (χ4v) is 3.90. The quantitative estimate of drug-likeness (QED) is 0.682. The normalized spacial score (nSPS) is 21.0. The summed E-state index contributed by atoms with van der Waals surface area (Å²) in [6, 6.07) is 5.40. The molecule has 1 atom stereocenters. The van der Waals surface area contributed by atoms with Crippen LogP contribution in [0.5, 0.6) is 5.75 Å². The van der Waals surface area contributed by atoms with E-state index in [9.17, 15) is 4.79 Å². The van der Waals surface area contributed by atoms with Crippen LogP contribution in [0.25, 0.3) is 5.57 Å². The molecule has 9 nitrogen and oxygen atoms in total. The predicted molar refractivity (Wildman–Crippen MR) is 124 cm³/mol. The molecule has 2 aliphatic heterocycles. The molecule has 2 N–H and O–H groups in total. The number of ether oxygens (including phenoxy) is 2. The molecule has 0 radical (unpaired) electrons. The summed E-state index contributed by atoms with van der Waals surface area (Å²) < 4.78 is 11.5. The second-order valence-corrected chi connectivity index (χ2v) is 7.71. The zero-order valence-corrected chi connectivity index (χ0v) is 18.0. The number of hydrogen-bond acceptors (Lipinski definition) is 7. The van der Waals surface area contributed by atoms with E-state index in [0.717, 1.165) is 49.1 Å². The number of pyridine rings is 1. The summed E-state index contributed by atoms with van der Waals surface area (Å²) in [5, 5.41) is 3.62. The second kappa shape index (κ2) is 9.25. The summed E-state index contributed by atoms with van der Waals surface area (Å²) in [5.74, 6) is 0.572. The van der Waals surface area contributed by atoms with Gasteiger partial charge in [0.25, 0.3) is 0 Å². The second-order valence-electron chi connectivity index (χ2n) is 7.71. The molecule has 1 aliphatic carbocycles. The Balaban J connectivity index is 1.35. The summed E-state index contributed by atoms with van der Waals surface area (Å²) in [6.07, 6.45) is 11.1. The van der Waals surface area contributed by atoms with Crippen LogP contribution in [0.1, 0.15) is 18.2 Å². The molecular formula is C24H24N6O3. The van der Waals surface area contributed by atoms with Gasteiger partial charge in [-0.3, -0.25) is 4.79 Å². The van der Waals surface area contributed by atoms with Crippen LogP contribution >= 0.6 is 0 Å². The van der Waals surface area contributed by atoms with Crippen LogP contribution in [0.2, 0.25) is 0 Å². The van der Waals surface area contributed by atoms with E-state index >= 15 is 0 Å². The summed E-state index contributed by atoms with van der Waals surface area (Å²) >= 11 is 0. The van der Waals surface area contributed by atoms with Crippen LogP contribution in [0.3, 0.4) is 0 Å². The van der Waals surface area contributed by atoms with Gasteiger partial charge in [0.1, 0.15) is 23.4 Å². The third-order valence-corrected chi connectivity index (χ3v) is 5.61. The van der Waals surface area contributed by atoms with Crippen molar-refractivity contribution < 1.29 is 14.3 Å². The number of rotatable bonds is 5. The minimum absolute atomic E-state index is 0.338. The Bertz CT molecular complexity index is 1280. The number of aliphatic imine (C=N–C) groups is 1. The number of hydrogen-bond donors (Lipinski definition) is 2. The first-order valence-corrected chi connectivity index (χ1v) is 10.8. The van der Waals surface area contributed by atoms with Gasteiger partial charge in [-0.05, 0) is 36.3 Å². The molecule has 4 heterocycles. The molecule has 3 aliphatic rings. The van der Waals surface area contributed by atoms with E-state index in [0.29, 0.717) is 11.6 Å². The lowest BCUT2D eigenvalue weighted by molar-refractivity contribution is -0.111. The topological polar surface area (TPSA) is 104 Å². The van der Waals surface area contributed by atoms with E-state index in [4.69, 9.17) is 9.47 Å². The average Bonchev–Trinajstić information content (AvgIpc) is 3.30. The number of aromatic amines is 1. The van der Waals surface area contributed by atoms with Crippen molar-refractivity contribution in [2.75, 3.05) is 31.6 Å². The number of nitrogens with zero attached hydrogens (tertiary/aromatic N) is 4. The van der Waals surface area contributed by atoms with Gasteiger partial charge < -0.3 is 24.7 Å². The van der Waals surface area contributed by atoms with Gasteiger partial charge in [0.05, 0.1) is 18.8 Å². The Morgan fingerprint density at radius 3 is 2.97 bits per heavy atom. The van der Waals surface area contributed by atoms with E-state index < -0.39 is 6.23 Å². The SMILES string of the molecule is C=CC(=O)Nc1cc(OC2N=CN=c3[nH]c(=C4C=CC(N5CCOCC5)=CC4)cc32)ccn1. The maximum atomic E-state index is 11.5. The summed E-state index contributed by atoms with van der Waals surface area (Å²) in [4.78, 5) is 30.2. The van der Waals surface area contributed by atoms with Gasteiger partial charge >= 0.3 is 0 Å². The van der Waals surface area contributed by atoms with Gasteiger partial charge in [-0.25, -0.2) is 15.0 Å². The lowest BCUT2D eigenvalue weighted by Gasteiger charge is -2.30. The van der Waals surface area contributed by atoms with E-state index in [1.807, 2.05) is 6.07 Å². The molecule has 33 heavy (non-hydrogen) atoms. The highest BCUT2D eigenvalue weighted by Gasteiger charge is 2.20. The number of H-pyrrole nitrogens is 1. The van der Waals surface area contributed by atoms with Crippen molar-refractivity contribution in [3.05, 3.63) is 77.4 Å². The first-order chi connectivity index (χ1) is 16.2. The lowest BCUT2D eigenvalue weighted by atomic mass is 10.0. The summed E-state index contributed by atoms with van der Waals surface area (Å²) in [7, 11) is 0. The van der Waals surface area contributed by atoms with Gasteiger partial charge in [0.2, 0.25) is 12.1 Å². The number of anilines is 1. The van der Waals surface area contributed by atoms with Crippen molar-refractivity contribution in [1.82, 2.24) is 14.9 Å². The van der Waals surface area contributed by atoms with Crippen molar-refractivity contribution in [3.63, 3.8) is 0 Å². The molecular weight excluding hydrogens is 420 g/mol. The Labute approximate surface area is 190 Å². The Morgan fingerprint density at radius 1 is 1.30 bits per heavy atom. The van der Waals surface area contributed by atoms with Gasteiger partial charge in [-0.15, -0.1) is 0 Å². The molecule has 2 aromatic heterocycles. The molecule has 2 aromatic rings. The zero-order chi connectivity index (χ0) is 22.6. The van der Waals surface area contributed by atoms with Crippen molar-refractivity contribution in [3.8, 4) is 5.75 Å².